The Labute approximate surface area is 183 Å². The molecule has 4 rings (SSSR count). The second-order valence-corrected chi connectivity index (χ2v) is 8.95. The highest BCUT2D eigenvalue weighted by atomic mass is 16.5. The number of hydrogen-bond donors (Lipinski definition) is 1. The first-order valence-electron chi connectivity index (χ1n) is 11.3. The molecule has 2 saturated heterocycles. The van der Waals surface area contributed by atoms with Gasteiger partial charge in [-0.3, -0.25) is 14.6 Å². The van der Waals surface area contributed by atoms with Gasteiger partial charge in [0.05, 0.1) is 19.1 Å². The molecule has 1 N–H and O–H groups in total. The molecule has 3 heterocycles. The standard InChI is InChI=1S/C24H32N4O3/c1-17(2)16-28(24(30)22-12-18-5-3-4-6-19(18)14-26-22)21-11-20(13-25-15-21)23(29)27-7-9-31-10-8-27/h3-6,12,14,17,20-21,25H,7-11,13,15-16H2,1-2H3. The molecule has 166 valence electrons. The first-order chi connectivity index (χ1) is 15.0. The number of fused-ring (bicyclic) bond motifs is 1. The number of rotatable bonds is 5. The lowest BCUT2D eigenvalue weighted by atomic mass is 9.92. The number of nitrogens with zero attached hydrogens (tertiary/aromatic N) is 3. The van der Waals surface area contributed by atoms with E-state index in [9.17, 15) is 9.59 Å². The minimum absolute atomic E-state index is 0.0353. The topological polar surface area (TPSA) is 74.8 Å². The second kappa shape index (κ2) is 9.75. The van der Waals surface area contributed by atoms with Crippen LogP contribution in [0.1, 0.15) is 30.8 Å². The lowest BCUT2D eigenvalue weighted by Gasteiger charge is -2.40. The molecule has 0 radical (unpaired) electrons. The molecule has 0 aliphatic carbocycles. The van der Waals surface area contributed by atoms with Crippen LogP contribution >= 0.6 is 0 Å². The van der Waals surface area contributed by atoms with Crippen LogP contribution in [-0.4, -0.2) is 78.6 Å². The Kier molecular flexibility index (Phi) is 6.83. The van der Waals surface area contributed by atoms with E-state index >= 15 is 0 Å². The van der Waals surface area contributed by atoms with E-state index in [1.165, 1.54) is 0 Å². The van der Waals surface area contributed by atoms with Crippen molar-refractivity contribution in [1.29, 1.82) is 0 Å². The zero-order valence-corrected chi connectivity index (χ0v) is 18.4. The summed E-state index contributed by atoms with van der Waals surface area (Å²) in [4.78, 5) is 34.9. The molecule has 0 bridgehead atoms. The molecule has 7 heteroatoms. The largest absolute Gasteiger partial charge is 0.378 e. The normalized spacial score (nSPS) is 22.0. The van der Waals surface area contributed by atoms with Crippen LogP contribution in [0.25, 0.3) is 10.8 Å². The van der Waals surface area contributed by atoms with E-state index in [2.05, 4.69) is 24.1 Å². The van der Waals surface area contributed by atoms with Gasteiger partial charge in [0.25, 0.3) is 5.91 Å². The lowest BCUT2D eigenvalue weighted by Crippen LogP contribution is -2.56. The van der Waals surface area contributed by atoms with Crippen LogP contribution in [0.2, 0.25) is 0 Å². The third-order valence-electron chi connectivity index (χ3n) is 6.11. The average molecular weight is 425 g/mol. The van der Waals surface area contributed by atoms with Crippen molar-refractivity contribution in [2.45, 2.75) is 26.3 Å². The summed E-state index contributed by atoms with van der Waals surface area (Å²) in [5.41, 5.74) is 0.459. The van der Waals surface area contributed by atoms with Crippen LogP contribution < -0.4 is 5.32 Å². The van der Waals surface area contributed by atoms with Crippen molar-refractivity contribution in [1.82, 2.24) is 20.1 Å². The Bertz CT molecular complexity index is 926. The Morgan fingerprint density at radius 3 is 2.68 bits per heavy atom. The van der Waals surface area contributed by atoms with Crippen molar-refractivity contribution in [2.75, 3.05) is 45.9 Å². The first kappa shape index (κ1) is 21.7. The number of piperidine rings is 1. The number of amides is 2. The van der Waals surface area contributed by atoms with Crippen LogP contribution in [0, 0.1) is 11.8 Å². The van der Waals surface area contributed by atoms with E-state index in [1.807, 2.05) is 40.1 Å². The van der Waals surface area contributed by atoms with Gasteiger partial charge in [-0.2, -0.15) is 0 Å². The lowest BCUT2D eigenvalue weighted by molar-refractivity contribution is -0.140. The van der Waals surface area contributed by atoms with E-state index in [0.29, 0.717) is 64.0 Å². The van der Waals surface area contributed by atoms with Crippen LogP contribution in [0.15, 0.2) is 36.5 Å². The van der Waals surface area contributed by atoms with Crippen molar-refractivity contribution in [3.05, 3.63) is 42.2 Å². The minimum Gasteiger partial charge on any atom is -0.378 e. The predicted molar refractivity (Wildman–Crippen MR) is 120 cm³/mol. The quantitative estimate of drug-likeness (QED) is 0.796. The molecule has 1 aromatic heterocycles. The van der Waals surface area contributed by atoms with Gasteiger partial charge in [0, 0.05) is 50.3 Å². The Morgan fingerprint density at radius 1 is 1.19 bits per heavy atom. The smallest absolute Gasteiger partial charge is 0.272 e. The van der Waals surface area contributed by atoms with Gasteiger partial charge in [0.1, 0.15) is 5.69 Å². The highest BCUT2D eigenvalue weighted by molar-refractivity contribution is 5.96. The van der Waals surface area contributed by atoms with Gasteiger partial charge in [0.2, 0.25) is 5.91 Å². The maximum atomic E-state index is 13.5. The maximum Gasteiger partial charge on any atom is 0.272 e. The molecule has 0 saturated carbocycles. The summed E-state index contributed by atoms with van der Waals surface area (Å²) in [6.07, 6.45) is 2.44. The number of nitrogens with one attached hydrogen (secondary N) is 1. The summed E-state index contributed by atoms with van der Waals surface area (Å²) in [6.45, 7) is 8.70. The average Bonchev–Trinajstić information content (AvgIpc) is 2.82. The van der Waals surface area contributed by atoms with Crippen LogP contribution in [0.5, 0.6) is 0 Å². The van der Waals surface area contributed by atoms with Crippen molar-refractivity contribution in [2.24, 2.45) is 11.8 Å². The number of ether oxygens (including phenoxy) is 1. The van der Waals surface area contributed by atoms with Gasteiger partial charge < -0.3 is 19.9 Å². The number of carbonyl (C=O) groups is 2. The van der Waals surface area contributed by atoms with E-state index in [4.69, 9.17) is 4.74 Å². The predicted octanol–water partition coefficient (Wildman–Crippen LogP) is 2.17. The van der Waals surface area contributed by atoms with Crippen LogP contribution in [0.3, 0.4) is 0 Å². The van der Waals surface area contributed by atoms with E-state index < -0.39 is 0 Å². The molecule has 7 nitrogen and oxygen atoms in total. The van der Waals surface area contributed by atoms with Crippen molar-refractivity contribution in [3.63, 3.8) is 0 Å². The molecule has 2 amide bonds. The van der Waals surface area contributed by atoms with E-state index in [-0.39, 0.29) is 23.8 Å². The van der Waals surface area contributed by atoms with Gasteiger partial charge in [-0.25, -0.2) is 0 Å². The number of hydrogen-bond acceptors (Lipinski definition) is 5. The fraction of sp³-hybridized carbons (Fsp3) is 0.542. The number of morpholine rings is 1. The van der Waals surface area contributed by atoms with Crippen molar-refractivity contribution < 1.29 is 14.3 Å². The molecule has 1 aromatic carbocycles. The fourth-order valence-corrected chi connectivity index (χ4v) is 4.53. The zero-order valence-electron chi connectivity index (χ0n) is 18.4. The zero-order chi connectivity index (χ0) is 21.8. The summed E-state index contributed by atoms with van der Waals surface area (Å²) in [7, 11) is 0. The van der Waals surface area contributed by atoms with E-state index in [0.717, 1.165) is 10.8 Å². The summed E-state index contributed by atoms with van der Waals surface area (Å²) < 4.78 is 5.38. The summed E-state index contributed by atoms with van der Waals surface area (Å²) >= 11 is 0. The van der Waals surface area contributed by atoms with Gasteiger partial charge >= 0.3 is 0 Å². The minimum atomic E-state index is -0.121. The second-order valence-electron chi connectivity index (χ2n) is 8.95. The monoisotopic (exact) mass is 424 g/mol. The highest BCUT2D eigenvalue weighted by Gasteiger charge is 2.35. The summed E-state index contributed by atoms with van der Waals surface area (Å²) in [5.74, 6) is 0.301. The molecular weight excluding hydrogens is 392 g/mol. The van der Waals surface area contributed by atoms with Gasteiger partial charge in [0.15, 0.2) is 0 Å². The van der Waals surface area contributed by atoms with Crippen LogP contribution in [0.4, 0.5) is 0 Å². The molecule has 2 atom stereocenters. The van der Waals surface area contributed by atoms with Crippen molar-refractivity contribution in [3.8, 4) is 0 Å². The SMILES string of the molecule is CC(C)CN(C(=O)c1cc2ccccc2cn1)C1CNCC(C(=O)N2CCOCC2)C1. The molecule has 2 fully saturated rings. The molecule has 2 aliphatic heterocycles. The van der Waals surface area contributed by atoms with Gasteiger partial charge in [-0.05, 0) is 23.8 Å². The third kappa shape index (κ3) is 5.05. The van der Waals surface area contributed by atoms with Gasteiger partial charge in [-0.15, -0.1) is 0 Å². The fourth-order valence-electron chi connectivity index (χ4n) is 4.53. The van der Waals surface area contributed by atoms with E-state index in [1.54, 1.807) is 6.20 Å². The highest BCUT2D eigenvalue weighted by Crippen LogP contribution is 2.23. The Hall–Kier alpha value is -2.51. The Morgan fingerprint density at radius 2 is 1.94 bits per heavy atom. The Balaban J connectivity index is 1.53. The molecule has 2 unspecified atom stereocenters. The molecule has 2 aromatic rings. The number of benzene rings is 1. The summed E-state index contributed by atoms with van der Waals surface area (Å²) in [5, 5.41) is 5.43. The third-order valence-corrected chi connectivity index (χ3v) is 6.11. The molecule has 0 spiro atoms. The van der Waals surface area contributed by atoms with Crippen LogP contribution in [-0.2, 0) is 9.53 Å². The maximum absolute atomic E-state index is 13.5. The number of carbonyl (C=O) groups excluding carboxylic acids is 2. The van der Waals surface area contributed by atoms with Gasteiger partial charge in [-0.1, -0.05) is 38.1 Å². The number of pyridine rings is 1. The molecule has 2 aliphatic rings. The molecular formula is C24H32N4O3. The number of aromatic nitrogens is 1. The first-order valence-corrected chi connectivity index (χ1v) is 11.3. The summed E-state index contributed by atoms with van der Waals surface area (Å²) in [6, 6.07) is 9.77. The molecule has 31 heavy (non-hydrogen) atoms. The van der Waals surface area contributed by atoms with Crippen molar-refractivity contribution >= 4 is 22.6 Å².